The molecule has 4 heteroatoms. The number of Topliss-reactive ketones (excluding diaryl/α,β-unsaturated/α-hetero) is 1. The number of imidazole rings is 1. The molecule has 0 aliphatic heterocycles. The van der Waals surface area contributed by atoms with Gasteiger partial charge in [0, 0.05) is 40.2 Å². The highest BCUT2D eigenvalue weighted by Crippen LogP contribution is 2.42. The summed E-state index contributed by atoms with van der Waals surface area (Å²) in [6, 6.07) is 40.1. The summed E-state index contributed by atoms with van der Waals surface area (Å²) in [6.07, 6.45) is 4.31. The van der Waals surface area contributed by atoms with Crippen molar-refractivity contribution in [2.45, 2.75) is 31.7 Å². The van der Waals surface area contributed by atoms with Gasteiger partial charge >= 0.3 is 0 Å². The molecule has 4 aromatic carbocycles. The Kier molecular flexibility index (Phi) is 5.96. The van der Waals surface area contributed by atoms with Crippen LogP contribution in [0, 0.1) is 12.8 Å². The van der Waals surface area contributed by atoms with Crippen LogP contribution in [-0.4, -0.2) is 20.3 Å². The molecule has 1 atom stereocenters. The van der Waals surface area contributed by atoms with E-state index in [4.69, 9.17) is 4.98 Å². The maximum Gasteiger partial charge on any atom is 0.168 e. The summed E-state index contributed by atoms with van der Waals surface area (Å²) in [4.78, 5) is 22.3. The second-order valence-corrected chi connectivity index (χ2v) is 10.8. The number of aryl methyl sites for hydroxylation is 1. The van der Waals surface area contributed by atoms with Crippen LogP contribution in [0.3, 0.4) is 0 Å². The lowest BCUT2D eigenvalue weighted by Gasteiger charge is -2.38. The molecule has 196 valence electrons. The van der Waals surface area contributed by atoms with Gasteiger partial charge in [-0.05, 0) is 42.5 Å². The first-order valence-electron chi connectivity index (χ1n) is 14.0. The molecule has 0 bridgehead atoms. The fraction of sp³-hybridized carbons (Fsp3) is 0.167. The smallest absolute Gasteiger partial charge is 0.168 e. The summed E-state index contributed by atoms with van der Waals surface area (Å²) in [5.74, 6) is 0.140. The third-order valence-electron chi connectivity index (χ3n) is 8.63. The van der Waals surface area contributed by atoms with Crippen LogP contribution < -0.4 is 0 Å². The number of hydrogen-bond acceptors (Lipinski definition) is 2. The predicted octanol–water partition coefficient (Wildman–Crippen LogP) is 7.50. The van der Waals surface area contributed by atoms with Gasteiger partial charge in [-0.25, -0.2) is 4.98 Å². The molecule has 7 rings (SSSR count). The van der Waals surface area contributed by atoms with Crippen LogP contribution in [0.4, 0.5) is 0 Å². The molecule has 0 saturated carbocycles. The average Bonchev–Trinajstić information content (AvgIpc) is 3.57. The quantitative estimate of drug-likeness (QED) is 0.231. The average molecular weight is 522 g/mol. The van der Waals surface area contributed by atoms with Crippen molar-refractivity contribution in [3.05, 3.63) is 161 Å². The first-order chi connectivity index (χ1) is 19.7. The summed E-state index contributed by atoms with van der Waals surface area (Å²) in [7, 11) is 0. The van der Waals surface area contributed by atoms with Crippen molar-refractivity contribution in [2.75, 3.05) is 0 Å². The topological polar surface area (TPSA) is 50.7 Å². The number of nitrogens with one attached hydrogen (secondary N) is 1. The fourth-order valence-corrected chi connectivity index (χ4v) is 6.69. The van der Waals surface area contributed by atoms with Crippen LogP contribution in [0.2, 0.25) is 0 Å². The summed E-state index contributed by atoms with van der Waals surface area (Å²) >= 11 is 0. The van der Waals surface area contributed by atoms with E-state index in [0.29, 0.717) is 6.42 Å². The number of carbonyl (C=O) groups excluding carboxylic acids is 1. The molecule has 2 heterocycles. The van der Waals surface area contributed by atoms with E-state index in [9.17, 15) is 4.79 Å². The largest absolute Gasteiger partial charge is 0.358 e. The minimum atomic E-state index is -0.611. The van der Waals surface area contributed by atoms with Crippen molar-refractivity contribution >= 4 is 16.7 Å². The van der Waals surface area contributed by atoms with E-state index in [0.717, 1.165) is 63.1 Å². The Labute approximate surface area is 234 Å². The Morgan fingerprint density at radius 1 is 0.800 bits per heavy atom. The Hall–Kier alpha value is -4.70. The molecule has 0 spiro atoms. The van der Waals surface area contributed by atoms with Crippen LogP contribution in [0.5, 0.6) is 0 Å². The van der Waals surface area contributed by atoms with Crippen molar-refractivity contribution in [1.29, 1.82) is 0 Å². The number of hydrogen-bond donors (Lipinski definition) is 1. The number of carbonyl (C=O) groups is 1. The lowest BCUT2D eigenvalue weighted by Crippen LogP contribution is -2.38. The molecule has 4 nitrogen and oxygen atoms in total. The number of aromatic nitrogens is 3. The molecule has 1 N–H and O–H groups in total. The van der Waals surface area contributed by atoms with E-state index in [1.54, 1.807) is 0 Å². The van der Waals surface area contributed by atoms with Gasteiger partial charge in [-0.2, -0.15) is 0 Å². The second-order valence-electron chi connectivity index (χ2n) is 10.8. The number of fused-ring (bicyclic) bond motifs is 3. The third kappa shape index (κ3) is 3.75. The molecular formula is C36H31N3O. The van der Waals surface area contributed by atoms with Crippen LogP contribution in [0.25, 0.3) is 10.9 Å². The van der Waals surface area contributed by atoms with Gasteiger partial charge in [0.05, 0.1) is 12.0 Å². The Morgan fingerprint density at radius 3 is 1.95 bits per heavy atom. The van der Waals surface area contributed by atoms with Crippen LogP contribution in [-0.2, 0) is 18.4 Å². The minimum Gasteiger partial charge on any atom is -0.358 e. The maximum atomic E-state index is 13.8. The number of ketones is 1. The van der Waals surface area contributed by atoms with Crippen LogP contribution in [0.15, 0.2) is 122 Å². The first-order valence-corrected chi connectivity index (χ1v) is 14.0. The predicted molar refractivity (Wildman–Crippen MR) is 160 cm³/mol. The van der Waals surface area contributed by atoms with Crippen molar-refractivity contribution < 1.29 is 4.79 Å². The summed E-state index contributed by atoms with van der Waals surface area (Å²) in [5, 5.41) is 1.03. The normalized spacial score (nSPS) is 15.3. The van der Waals surface area contributed by atoms with E-state index < -0.39 is 5.54 Å². The number of rotatable bonds is 6. The lowest BCUT2D eigenvalue weighted by molar-refractivity contribution is 0.0902. The molecule has 0 fully saturated rings. The van der Waals surface area contributed by atoms with Crippen molar-refractivity contribution in [3.63, 3.8) is 0 Å². The SMILES string of the molecule is Cc1c(CC2CCc3[nH]c4ccccc4c3C2=O)ncn1C(c1ccccc1)(c1ccccc1)c1ccccc1. The fourth-order valence-electron chi connectivity index (χ4n) is 6.69. The summed E-state index contributed by atoms with van der Waals surface area (Å²) < 4.78 is 2.31. The van der Waals surface area contributed by atoms with Crippen molar-refractivity contribution in [2.24, 2.45) is 5.92 Å². The standard InChI is InChI=1S/C36H31N3O/c1-25-33(23-26-21-22-32-34(35(26)40)30-19-11-12-20-31(30)38-32)37-24-39(25)36(27-13-5-2-6-14-27,28-15-7-3-8-16-28)29-17-9-4-10-18-29/h2-20,24,26,38H,21-23H2,1H3. The number of nitrogens with zero attached hydrogens (tertiary/aromatic N) is 2. The van der Waals surface area contributed by atoms with Gasteiger partial charge in [-0.1, -0.05) is 109 Å². The van der Waals surface area contributed by atoms with Gasteiger partial charge in [0.2, 0.25) is 0 Å². The van der Waals surface area contributed by atoms with Crippen LogP contribution in [0.1, 0.15) is 50.6 Å². The van der Waals surface area contributed by atoms with Gasteiger partial charge in [0.15, 0.2) is 5.78 Å². The van der Waals surface area contributed by atoms with E-state index in [1.807, 2.05) is 18.5 Å². The zero-order valence-electron chi connectivity index (χ0n) is 22.5. The maximum absolute atomic E-state index is 13.8. The molecule has 40 heavy (non-hydrogen) atoms. The highest BCUT2D eigenvalue weighted by atomic mass is 16.1. The van der Waals surface area contributed by atoms with E-state index >= 15 is 0 Å². The van der Waals surface area contributed by atoms with E-state index in [1.165, 1.54) is 0 Å². The van der Waals surface area contributed by atoms with Crippen molar-refractivity contribution in [3.8, 4) is 0 Å². The molecule has 6 aromatic rings. The zero-order valence-corrected chi connectivity index (χ0v) is 22.5. The van der Waals surface area contributed by atoms with Gasteiger partial charge in [0.25, 0.3) is 0 Å². The van der Waals surface area contributed by atoms with Gasteiger partial charge in [-0.15, -0.1) is 0 Å². The number of H-pyrrole nitrogens is 1. The molecule has 1 aliphatic carbocycles. The molecule has 1 aliphatic rings. The molecule has 1 unspecified atom stereocenters. The van der Waals surface area contributed by atoms with E-state index in [-0.39, 0.29) is 11.7 Å². The van der Waals surface area contributed by atoms with Gasteiger partial charge < -0.3 is 9.55 Å². The van der Waals surface area contributed by atoms with Gasteiger partial charge in [-0.3, -0.25) is 4.79 Å². The molecule has 0 amide bonds. The Balaban J connectivity index is 1.35. The second kappa shape index (κ2) is 9.80. The molecule has 0 radical (unpaired) electrons. The highest BCUT2D eigenvalue weighted by molar-refractivity contribution is 6.11. The van der Waals surface area contributed by atoms with Crippen LogP contribution >= 0.6 is 0 Å². The van der Waals surface area contributed by atoms with Gasteiger partial charge in [0.1, 0.15) is 5.54 Å². The summed E-state index contributed by atoms with van der Waals surface area (Å²) in [5.41, 5.74) is 7.92. The molecule has 0 saturated heterocycles. The highest BCUT2D eigenvalue weighted by Gasteiger charge is 2.40. The third-order valence-corrected chi connectivity index (χ3v) is 8.63. The minimum absolute atomic E-state index is 0.0895. The number of benzene rings is 4. The molecular weight excluding hydrogens is 490 g/mol. The Morgan fingerprint density at radius 2 is 1.35 bits per heavy atom. The molecule has 2 aromatic heterocycles. The zero-order chi connectivity index (χ0) is 27.1. The van der Waals surface area contributed by atoms with Crippen molar-refractivity contribution in [1.82, 2.24) is 14.5 Å². The summed E-state index contributed by atoms with van der Waals surface area (Å²) in [6.45, 7) is 2.15. The number of aromatic amines is 1. The first kappa shape index (κ1) is 24.3. The number of para-hydroxylation sites is 1. The lowest BCUT2D eigenvalue weighted by atomic mass is 9.76. The monoisotopic (exact) mass is 521 g/mol. The van der Waals surface area contributed by atoms with E-state index in [2.05, 4.69) is 120 Å². The Bertz CT molecular complexity index is 1700.